The first kappa shape index (κ1) is 14.5. The standard InChI is InChI=1S/C16H16ClNO2/c1-3-7-12-10(2)13(11-8-5-4-6-9-11)14(18-12)15(19)16(17)20/h4-6,8-9,18H,3,7H2,1-2H3. The molecule has 0 fully saturated rings. The van der Waals surface area contributed by atoms with Crippen molar-refractivity contribution in [1.29, 1.82) is 0 Å². The van der Waals surface area contributed by atoms with Gasteiger partial charge in [0.2, 0.25) is 0 Å². The second-order valence-electron chi connectivity index (χ2n) is 4.70. The lowest BCUT2D eigenvalue weighted by atomic mass is 9.99. The van der Waals surface area contributed by atoms with Crippen molar-refractivity contribution in [3.05, 3.63) is 47.3 Å². The molecule has 20 heavy (non-hydrogen) atoms. The summed E-state index contributed by atoms with van der Waals surface area (Å²) >= 11 is 5.35. The van der Waals surface area contributed by atoms with Crippen molar-refractivity contribution in [2.45, 2.75) is 26.7 Å². The summed E-state index contributed by atoms with van der Waals surface area (Å²) in [5.74, 6) is -0.684. The summed E-state index contributed by atoms with van der Waals surface area (Å²) in [7, 11) is 0. The number of hydrogen-bond donors (Lipinski definition) is 1. The molecular weight excluding hydrogens is 274 g/mol. The molecule has 0 saturated carbocycles. The number of rotatable bonds is 5. The van der Waals surface area contributed by atoms with E-state index in [1.807, 2.05) is 37.3 Å². The Labute approximate surface area is 123 Å². The van der Waals surface area contributed by atoms with Crippen LogP contribution in [0.5, 0.6) is 0 Å². The molecular formula is C16H16ClNO2. The molecule has 0 unspecified atom stereocenters. The van der Waals surface area contributed by atoms with Gasteiger partial charge in [-0.25, -0.2) is 0 Å². The molecule has 2 aromatic rings. The van der Waals surface area contributed by atoms with E-state index in [4.69, 9.17) is 11.6 Å². The van der Waals surface area contributed by atoms with E-state index in [0.29, 0.717) is 0 Å². The van der Waals surface area contributed by atoms with Gasteiger partial charge in [0, 0.05) is 11.3 Å². The lowest BCUT2D eigenvalue weighted by Gasteiger charge is -2.03. The molecule has 3 nitrogen and oxygen atoms in total. The third-order valence-corrected chi connectivity index (χ3v) is 3.49. The molecule has 0 atom stereocenters. The molecule has 0 aliphatic heterocycles. The number of Topliss-reactive ketones (excluding diaryl/α,β-unsaturated/α-hetero) is 1. The third-order valence-electron chi connectivity index (χ3n) is 3.32. The van der Waals surface area contributed by atoms with Gasteiger partial charge in [0.25, 0.3) is 11.0 Å². The van der Waals surface area contributed by atoms with E-state index in [9.17, 15) is 9.59 Å². The molecule has 0 aliphatic carbocycles. The highest BCUT2D eigenvalue weighted by molar-refractivity contribution is 6.83. The van der Waals surface area contributed by atoms with Crippen molar-refractivity contribution in [2.24, 2.45) is 0 Å². The monoisotopic (exact) mass is 289 g/mol. The van der Waals surface area contributed by atoms with Crippen LogP contribution in [-0.4, -0.2) is 16.0 Å². The Balaban J connectivity index is 2.64. The molecule has 4 heteroatoms. The van der Waals surface area contributed by atoms with Crippen LogP contribution in [0.1, 0.15) is 35.1 Å². The normalized spacial score (nSPS) is 10.6. The Bertz CT molecular complexity index is 644. The Hall–Kier alpha value is -1.87. The van der Waals surface area contributed by atoms with Gasteiger partial charge in [-0.05, 0) is 36.1 Å². The van der Waals surface area contributed by atoms with Gasteiger partial charge in [-0.2, -0.15) is 0 Å². The van der Waals surface area contributed by atoms with Gasteiger partial charge in [0.1, 0.15) is 0 Å². The van der Waals surface area contributed by atoms with Crippen molar-refractivity contribution in [3.63, 3.8) is 0 Å². The number of hydrogen-bond acceptors (Lipinski definition) is 2. The maximum atomic E-state index is 12.0. The topological polar surface area (TPSA) is 49.9 Å². The highest BCUT2D eigenvalue weighted by Gasteiger charge is 2.24. The molecule has 0 amide bonds. The third kappa shape index (κ3) is 2.68. The van der Waals surface area contributed by atoms with Crippen LogP contribution in [-0.2, 0) is 11.2 Å². The number of aromatic nitrogens is 1. The number of carbonyl (C=O) groups is 2. The van der Waals surface area contributed by atoms with Gasteiger partial charge >= 0.3 is 0 Å². The number of H-pyrrole nitrogens is 1. The fraction of sp³-hybridized carbons (Fsp3) is 0.250. The van der Waals surface area contributed by atoms with Crippen LogP contribution in [0.3, 0.4) is 0 Å². The average molecular weight is 290 g/mol. The number of aryl methyl sites for hydroxylation is 1. The van der Waals surface area contributed by atoms with Gasteiger partial charge in [0.05, 0.1) is 5.69 Å². The first-order chi connectivity index (χ1) is 9.56. The summed E-state index contributed by atoms with van der Waals surface area (Å²) in [4.78, 5) is 26.3. The van der Waals surface area contributed by atoms with Crippen molar-refractivity contribution in [2.75, 3.05) is 0 Å². The van der Waals surface area contributed by atoms with Crippen LogP contribution < -0.4 is 0 Å². The number of benzene rings is 1. The number of nitrogens with one attached hydrogen (secondary N) is 1. The van der Waals surface area contributed by atoms with Gasteiger partial charge < -0.3 is 4.98 Å². The van der Waals surface area contributed by atoms with E-state index >= 15 is 0 Å². The first-order valence-corrected chi connectivity index (χ1v) is 6.95. The maximum Gasteiger partial charge on any atom is 0.294 e. The summed E-state index contributed by atoms with van der Waals surface area (Å²) in [6, 6.07) is 9.55. The minimum absolute atomic E-state index is 0.289. The second-order valence-corrected chi connectivity index (χ2v) is 5.04. The van der Waals surface area contributed by atoms with E-state index in [-0.39, 0.29) is 5.69 Å². The van der Waals surface area contributed by atoms with Crippen LogP contribution >= 0.6 is 11.6 Å². The van der Waals surface area contributed by atoms with Crippen LogP contribution in [0, 0.1) is 6.92 Å². The molecule has 0 bridgehead atoms. The van der Waals surface area contributed by atoms with E-state index < -0.39 is 11.0 Å². The maximum absolute atomic E-state index is 12.0. The van der Waals surface area contributed by atoms with Crippen molar-refractivity contribution in [3.8, 4) is 11.1 Å². The first-order valence-electron chi connectivity index (χ1n) is 6.57. The highest BCUT2D eigenvalue weighted by Crippen LogP contribution is 2.31. The zero-order valence-corrected chi connectivity index (χ0v) is 12.3. The lowest BCUT2D eigenvalue weighted by Crippen LogP contribution is -2.09. The Morgan fingerprint density at radius 3 is 2.40 bits per heavy atom. The number of halogens is 1. The fourth-order valence-corrected chi connectivity index (χ4v) is 2.47. The Morgan fingerprint density at radius 1 is 1.20 bits per heavy atom. The van der Waals surface area contributed by atoms with Gasteiger partial charge in [-0.15, -0.1) is 0 Å². The van der Waals surface area contributed by atoms with Crippen LogP contribution in [0.15, 0.2) is 30.3 Å². The zero-order valence-electron chi connectivity index (χ0n) is 11.5. The van der Waals surface area contributed by atoms with Crippen molar-refractivity contribution < 1.29 is 9.59 Å². The smallest absolute Gasteiger partial charge is 0.294 e. The van der Waals surface area contributed by atoms with Crippen LogP contribution in [0.25, 0.3) is 11.1 Å². The van der Waals surface area contributed by atoms with E-state index in [2.05, 4.69) is 11.9 Å². The SMILES string of the molecule is CCCc1[nH]c(C(=O)C(=O)Cl)c(-c2ccccc2)c1C. The Morgan fingerprint density at radius 2 is 1.85 bits per heavy atom. The Kier molecular flexibility index (Phi) is 4.40. The summed E-state index contributed by atoms with van der Waals surface area (Å²) in [5, 5.41) is -0.966. The molecule has 1 aromatic heterocycles. The predicted molar refractivity (Wildman–Crippen MR) is 80.2 cm³/mol. The quantitative estimate of drug-likeness (QED) is 0.516. The van der Waals surface area contributed by atoms with Gasteiger partial charge in [-0.3, -0.25) is 9.59 Å². The molecule has 0 saturated heterocycles. The summed E-state index contributed by atoms with van der Waals surface area (Å²) < 4.78 is 0. The van der Waals surface area contributed by atoms with Gasteiger partial charge in [0.15, 0.2) is 0 Å². The highest BCUT2D eigenvalue weighted by atomic mass is 35.5. The molecule has 1 N–H and O–H groups in total. The number of carbonyl (C=O) groups excluding carboxylic acids is 2. The summed E-state index contributed by atoms with van der Waals surface area (Å²) in [6.45, 7) is 4.02. The minimum atomic E-state index is -0.966. The number of aromatic amines is 1. The summed E-state index contributed by atoms with van der Waals surface area (Å²) in [6.07, 6.45) is 1.79. The van der Waals surface area contributed by atoms with E-state index in [0.717, 1.165) is 35.2 Å². The second kappa shape index (κ2) is 6.06. The molecule has 1 heterocycles. The van der Waals surface area contributed by atoms with E-state index in [1.165, 1.54) is 0 Å². The van der Waals surface area contributed by atoms with Crippen molar-refractivity contribution >= 4 is 22.6 Å². The molecule has 1 aromatic carbocycles. The number of ketones is 1. The largest absolute Gasteiger partial charge is 0.355 e. The fourth-order valence-electron chi connectivity index (χ4n) is 2.38. The summed E-state index contributed by atoms with van der Waals surface area (Å²) in [5.41, 5.74) is 3.95. The molecule has 104 valence electrons. The van der Waals surface area contributed by atoms with Crippen LogP contribution in [0.2, 0.25) is 0 Å². The molecule has 0 radical (unpaired) electrons. The average Bonchev–Trinajstić information content (AvgIpc) is 2.76. The zero-order chi connectivity index (χ0) is 14.7. The van der Waals surface area contributed by atoms with E-state index in [1.54, 1.807) is 0 Å². The predicted octanol–water partition coefficient (Wildman–Crippen LogP) is 3.89. The minimum Gasteiger partial charge on any atom is -0.355 e. The van der Waals surface area contributed by atoms with Gasteiger partial charge in [-0.1, -0.05) is 43.7 Å². The molecule has 0 aliphatic rings. The molecule has 2 rings (SSSR count). The molecule has 0 spiro atoms. The van der Waals surface area contributed by atoms with Crippen molar-refractivity contribution in [1.82, 2.24) is 4.98 Å². The van der Waals surface area contributed by atoms with Crippen LogP contribution in [0.4, 0.5) is 0 Å². The lowest BCUT2D eigenvalue weighted by molar-refractivity contribution is -0.108.